The number of ether oxygens (including phenoxy) is 2. The van der Waals surface area contributed by atoms with Crippen LogP contribution in [-0.4, -0.2) is 20.8 Å². The van der Waals surface area contributed by atoms with Gasteiger partial charge in [-0.25, -0.2) is 0 Å². The molecule has 0 heterocycles. The van der Waals surface area contributed by atoms with Gasteiger partial charge in [-0.2, -0.15) is 0 Å². The topological polar surface area (TPSA) is 44.5 Å². The average molecular weight is 292 g/mol. The third-order valence-electron chi connectivity index (χ3n) is 3.15. The minimum absolute atomic E-state index is 0.547. The molecule has 3 nitrogen and oxygen atoms in total. The predicted molar refractivity (Wildman–Crippen MR) is 82.8 cm³/mol. The Balaban J connectivity index is 2.60. The Morgan fingerprint density at radius 3 is 2.45 bits per heavy atom. The number of halogens is 1. The lowest BCUT2D eigenvalue weighted by atomic mass is 10.00. The highest BCUT2D eigenvalue weighted by Crippen LogP contribution is 2.38. The second-order valence-corrected chi connectivity index (χ2v) is 4.80. The van der Waals surface area contributed by atoms with Gasteiger partial charge in [0.2, 0.25) is 0 Å². The van der Waals surface area contributed by atoms with Crippen molar-refractivity contribution in [2.45, 2.75) is 6.42 Å². The first kappa shape index (κ1) is 14.7. The van der Waals surface area contributed by atoms with Gasteiger partial charge in [0.1, 0.15) is 0 Å². The summed E-state index contributed by atoms with van der Waals surface area (Å²) in [6.07, 6.45) is 0.720. The molecule has 0 aliphatic heterocycles. The van der Waals surface area contributed by atoms with E-state index in [1.807, 2.05) is 30.3 Å². The van der Waals surface area contributed by atoms with Crippen LogP contribution in [0.2, 0.25) is 5.02 Å². The molecule has 2 N–H and O–H groups in total. The SMILES string of the molecule is COc1cc(-c2ccccc2Cl)cc(CCN)c1OC. The molecule has 0 aromatic heterocycles. The number of methoxy groups -OCH3 is 2. The lowest BCUT2D eigenvalue weighted by Crippen LogP contribution is -2.05. The van der Waals surface area contributed by atoms with Crippen molar-refractivity contribution in [1.29, 1.82) is 0 Å². The molecular formula is C16H18ClNO2. The fourth-order valence-electron chi connectivity index (χ4n) is 2.24. The second-order valence-electron chi connectivity index (χ2n) is 4.39. The van der Waals surface area contributed by atoms with E-state index < -0.39 is 0 Å². The molecule has 0 radical (unpaired) electrons. The van der Waals surface area contributed by atoms with Crippen LogP contribution >= 0.6 is 11.6 Å². The molecule has 2 aromatic carbocycles. The van der Waals surface area contributed by atoms with Gasteiger partial charge < -0.3 is 15.2 Å². The molecule has 0 aliphatic carbocycles. The molecular weight excluding hydrogens is 274 g/mol. The van der Waals surface area contributed by atoms with E-state index in [1.54, 1.807) is 14.2 Å². The van der Waals surface area contributed by atoms with E-state index in [2.05, 4.69) is 6.07 Å². The van der Waals surface area contributed by atoms with Crippen LogP contribution in [0.4, 0.5) is 0 Å². The zero-order valence-electron chi connectivity index (χ0n) is 11.7. The molecule has 2 rings (SSSR count). The van der Waals surface area contributed by atoms with Gasteiger partial charge in [0.25, 0.3) is 0 Å². The Morgan fingerprint density at radius 1 is 1.10 bits per heavy atom. The van der Waals surface area contributed by atoms with E-state index in [4.69, 9.17) is 26.8 Å². The molecule has 4 heteroatoms. The minimum atomic E-state index is 0.547. The van der Waals surface area contributed by atoms with E-state index in [-0.39, 0.29) is 0 Å². The second kappa shape index (κ2) is 6.64. The Kier molecular flexibility index (Phi) is 4.88. The van der Waals surface area contributed by atoms with E-state index in [0.29, 0.717) is 17.3 Å². The molecule has 0 atom stereocenters. The maximum atomic E-state index is 6.26. The Hall–Kier alpha value is -1.71. The highest BCUT2D eigenvalue weighted by Gasteiger charge is 2.14. The number of rotatable bonds is 5. The molecule has 0 unspecified atom stereocenters. The first-order valence-electron chi connectivity index (χ1n) is 6.41. The van der Waals surface area contributed by atoms with Crippen LogP contribution in [0.1, 0.15) is 5.56 Å². The van der Waals surface area contributed by atoms with Crippen molar-refractivity contribution < 1.29 is 9.47 Å². The smallest absolute Gasteiger partial charge is 0.163 e. The van der Waals surface area contributed by atoms with Gasteiger partial charge in [-0.15, -0.1) is 0 Å². The molecule has 0 amide bonds. The molecule has 0 saturated carbocycles. The average Bonchev–Trinajstić information content (AvgIpc) is 2.47. The highest BCUT2D eigenvalue weighted by molar-refractivity contribution is 6.33. The van der Waals surface area contributed by atoms with Crippen molar-refractivity contribution in [2.24, 2.45) is 5.73 Å². The fraction of sp³-hybridized carbons (Fsp3) is 0.250. The van der Waals surface area contributed by atoms with Crippen molar-refractivity contribution in [1.82, 2.24) is 0 Å². The van der Waals surface area contributed by atoms with Gasteiger partial charge in [-0.05, 0) is 42.3 Å². The van der Waals surface area contributed by atoms with E-state index in [1.165, 1.54) is 0 Å². The summed E-state index contributed by atoms with van der Waals surface area (Å²) in [6.45, 7) is 0.547. The van der Waals surface area contributed by atoms with Crippen molar-refractivity contribution in [3.63, 3.8) is 0 Å². The number of hydrogen-bond donors (Lipinski definition) is 1. The maximum Gasteiger partial charge on any atom is 0.163 e. The van der Waals surface area contributed by atoms with Crippen LogP contribution in [0.5, 0.6) is 11.5 Å². The standard InChI is InChI=1S/C16H18ClNO2/c1-19-15-10-12(13-5-3-4-6-14(13)17)9-11(7-8-18)16(15)20-2/h3-6,9-10H,7-8,18H2,1-2H3. The van der Waals surface area contributed by atoms with Gasteiger partial charge in [0.15, 0.2) is 11.5 Å². The molecule has 0 bridgehead atoms. The summed E-state index contributed by atoms with van der Waals surface area (Å²) < 4.78 is 10.8. The van der Waals surface area contributed by atoms with Crippen molar-refractivity contribution in [3.05, 3.63) is 47.0 Å². The lowest BCUT2D eigenvalue weighted by Gasteiger charge is -2.15. The zero-order chi connectivity index (χ0) is 14.5. The van der Waals surface area contributed by atoms with Gasteiger partial charge in [0.05, 0.1) is 14.2 Å². The van der Waals surface area contributed by atoms with Gasteiger partial charge in [0, 0.05) is 10.6 Å². The molecule has 2 aromatic rings. The number of hydrogen-bond acceptors (Lipinski definition) is 3. The summed E-state index contributed by atoms with van der Waals surface area (Å²) in [5.74, 6) is 1.42. The maximum absolute atomic E-state index is 6.26. The van der Waals surface area contributed by atoms with Crippen LogP contribution in [0.15, 0.2) is 36.4 Å². The third kappa shape index (κ3) is 2.89. The summed E-state index contributed by atoms with van der Waals surface area (Å²) >= 11 is 6.26. The summed E-state index contributed by atoms with van der Waals surface area (Å²) in [5.41, 5.74) is 8.65. The van der Waals surface area contributed by atoms with E-state index in [9.17, 15) is 0 Å². The largest absolute Gasteiger partial charge is 0.493 e. The highest BCUT2D eigenvalue weighted by atomic mass is 35.5. The van der Waals surface area contributed by atoms with E-state index in [0.717, 1.165) is 28.9 Å². The van der Waals surface area contributed by atoms with Crippen molar-refractivity contribution in [3.8, 4) is 22.6 Å². The van der Waals surface area contributed by atoms with Crippen molar-refractivity contribution >= 4 is 11.6 Å². The molecule has 0 aliphatic rings. The van der Waals surface area contributed by atoms with Gasteiger partial charge in [-0.1, -0.05) is 29.8 Å². The lowest BCUT2D eigenvalue weighted by molar-refractivity contribution is 0.352. The van der Waals surface area contributed by atoms with Crippen LogP contribution in [-0.2, 0) is 6.42 Å². The molecule has 20 heavy (non-hydrogen) atoms. The molecule has 106 valence electrons. The van der Waals surface area contributed by atoms with Crippen LogP contribution in [0, 0.1) is 0 Å². The fourth-order valence-corrected chi connectivity index (χ4v) is 2.48. The number of nitrogens with two attached hydrogens (primary N) is 1. The molecule has 0 spiro atoms. The first-order chi connectivity index (χ1) is 9.71. The Labute approximate surface area is 124 Å². The summed E-state index contributed by atoms with van der Waals surface area (Å²) in [5, 5.41) is 0.707. The molecule has 0 fully saturated rings. The number of benzene rings is 2. The van der Waals surface area contributed by atoms with E-state index >= 15 is 0 Å². The third-order valence-corrected chi connectivity index (χ3v) is 3.48. The minimum Gasteiger partial charge on any atom is -0.493 e. The van der Waals surface area contributed by atoms with Crippen molar-refractivity contribution in [2.75, 3.05) is 20.8 Å². The normalized spacial score (nSPS) is 10.4. The van der Waals surface area contributed by atoms with Crippen LogP contribution < -0.4 is 15.2 Å². The predicted octanol–water partition coefficient (Wildman–Crippen LogP) is 3.53. The summed E-state index contributed by atoms with van der Waals surface area (Å²) in [7, 11) is 3.26. The van der Waals surface area contributed by atoms with Gasteiger partial charge in [-0.3, -0.25) is 0 Å². The Bertz CT molecular complexity index is 599. The summed E-state index contributed by atoms with van der Waals surface area (Å²) in [4.78, 5) is 0. The zero-order valence-corrected chi connectivity index (χ0v) is 12.4. The van der Waals surface area contributed by atoms with Gasteiger partial charge >= 0.3 is 0 Å². The Morgan fingerprint density at radius 2 is 1.85 bits per heavy atom. The monoisotopic (exact) mass is 291 g/mol. The first-order valence-corrected chi connectivity index (χ1v) is 6.79. The molecule has 0 saturated heterocycles. The van der Waals surface area contributed by atoms with Crippen LogP contribution in [0.25, 0.3) is 11.1 Å². The van der Waals surface area contributed by atoms with Crippen LogP contribution in [0.3, 0.4) is 0 Å². The quantitative estimate of drug-likeness (QED) is 0.916. The summed E-state index contributed by atoms with van der Waals surface area (Å²) in [6, 6.07) is 11.7.